The SMILES string of the molecule is c1ccc(CCC2CN(Cc3ccccc3)CCN2)cc1. The summed E-state index contributed by atoms with van der Waals surface area (Å²) in [6, 6.07) is 22.2. The minimum Gasteiger partial charge on any atom is -0.311 e. The lowest BCUT2D eigenvalue weighted by atomic mass is 10.0. The van der Waals surface area contributed by atoms with Gasteiger partial charge < -0.3 is 5.32 Å². The molecule has 2 nitrogen and oxygen atoms in total. The maximum Gasteiger partial charge on any atom is 0.0234 e. The molecule has 0 aliphatic carbocycles. The van der Waals surface area contributed by atoms with Crippen molar-refractivity contribution in [2.75, 3.05) is 19.6 Å². The van der Waals surface area contributed by atoms with E-state index in [-0.39, 0.29) is 0 Å². The Bertz CT molecular complexity index is 524. The van der Waals surface area contributed by atoms with Gasteiger partial charge in [0.2, 0.25) is 0 Å². The Morgan fingerprint density at radius 2 is 1.57 bits per heavy atom. The van der Waals surface area contributed by atoms with E-state index in [1.165, 1.54) is 17.5 Å². The third-order valence-electron chi connectivity index (χ3n) is 4.21. The van der Waals surface area contributed by atoms with Crippen molar-refractivity contribution in [3.63, 3.8) is 0 Å². The first-order chi connectivity index (χ1) is 10.4. The van der Waals surface area contributed by atoms with Crippen molar-refractivity contribution in [1.29, 1.82) is 0 Å². The molecule has 2 heteroatoms. The largest absolute Gasteiger partial charge is 0.311 e. The predicted octanol–water partition coefficient (Wildman–Crippen LogP) is 3.09. The molecule has 3 rings (SSSR count). The van der Waals surface area contributed by atoms with E-state index in [4.69, 9.17) is 0 Å². The Hall–Kier alpha value is -1.64. The Labute approximate surface area is 127 Å². The summed E-state index contributed by atoms with van der Waals surface area (Å²) in [5.41, 5.74) is 2.86. The molecule has 1 saturated heterocycles. The van der Waals surface area contributed by atoms with Crippen molar-refractivity contribution in [1.82, 2.24) is 10.2 Å². The smallest absolute Gasteiger partial charge is 0.0234 e. The minimum atomic E-state index is 0.614. The van der Waals surface area contributed by atoms with Gasteiger partial charge >= 0.3 is 0 Å². The van der Waals surface area contributed by atoms with Crippen LogP contribution in [0.25, 0.3) is 0 Å². The summed E-state index contributed by atoms with van der Waals surface area (Å²) in [6.45, 7) is 4.48. The zero-order valence-electron chi connectivity index (χ0n) is 12.5. The molecule has 0 bridgehead atoms. The average Bonchev–Trinajstić information content (AvgIpc) is 2.55. The molecule has 1 unspecified atom stereocenters. The van der Waals surface area contributed by atoms with Gasteiger partial charge in [-0.05, 0) is 24.0 Å². The topological polar surface area (TPSA) is 15.3 Å². The fraction of sp³-hybridized carbons (Fsp3) is 0.368. The summed E-state index contributed by atoms with van der Waals surface area (Å²) in [6.07, 6.45) is 2.38. The van der Waals surface area contributed by atoms with Crippen LogP contribution in [0.15, 0.2) is 60.7 Å². The minimum absolute atomic E-state index is 0.614. The van der Waals surface area contributed by atoms with Gasteiger partial charge in [-0.1, -0.05) is 60.7 Å². The predicted molar refractivity (Wildman–Crippen MR) is 88.3 cm³/mol. The van der Waals surface area contributed by atoms with E-state index in [0.29, 0.717) is 6.04 Å². The first kappa shape index (κ1) is 14.3. The third kappa shape index (κ3) is 4.42. The number of benzene rings is 2. The Morgan fingerprint density at radius 1 is 0.905 bits per heavy atom. The highest BCUT2D eigenvalue weighted by atomic mass is 15.2. The van der Waals surface area contributed by atoms with Crippen molar-refractivity contribution >= 4 is 0 Å². The van der Waals surface area contributed by atoms with Crippen LogP contribution in [0, 0.1) is 0 Å². The summed E-state index contributed by atoms with van der Waals surface area (Å²) >= 11 is 0. The summed E-state index contributed by atoms with van der Waals surface area (Å²) in [4.78, 5) is 2.57. The van der Waals surface area contributed by atoms with E-state index in [0.717, 1.165) is 32.6 Å². The Balaban J connectivity index is 1.49. The molecule has 1 aliphatic heterocycles. The van der Waals surface area contributed by atoms with E-state index in [9.17, 15) is 0 Å². The van der Waals surface area contributed by atoms with Gasteiger partial charge in [0.15, 0.2) is 0 Å². The van der Waals surface area contributed by atoms with Gasteiger partial charge in [0, 0.05) is 32.2 Å². The van der Waals surface area contributed by atoms with Crippen LogP contribution >= 0.6 is 0 Å². The standard InChI is InChI=1S/C19H24N2/c1-3-7-17(8-4-1)11-12-19-16-21(14-13-20-19)15-18-9-5-2-6-10-18/h1-10,19-20H,11-16H2. The summed E-state index contributed by atoms with van der Waals surface area (Å²) in [7, 11) is 0. The maximum absolute atomic E-state index is 3.66. The monoisotopic (exact) mass is 280 g/mol. The van der Waals surface area contributed by atoms with Gasteiger partial charge in [0.25, 0.3) is 0 Å². The Kier molecular flexibility index (Phi) is 5.03. The van der Waals surface area contributed by atoms with Crippen LogP contribution in [0.1, 0.15) is 17.5 Å². The van der Waals surface area contributed by atoms with Crippen molar-refractivity contribution < 1.29 is 0 Å². The van der Waals surface area contributed by atoms with E-state index in [1.807, 2.05) is 0 Å². The fourth-order valence-corrected chi connectivity index (χ4v) is 3.06. The van der Waals surface area contributed by atoms with Crippen LogP contribution in [0.4, 0.5) is 0 Å². The number of nitrogens with one attached hydrogen (secondary N) is 1. The van der Waals surface area contributed by atoms with Gasteiger partial charge in [-0.15, -0.1) is 0 Å². The highest BCUT2D eigenvalue weighted by Gasteiger charge is 2.18. The fourth-order valence-electron chi connectivity index (χ4n) is 3.06. The van der Waals surface area contributed by atoms with Gasteiger partial charge in [0.1, 0.15) is 0 Å². The molecular weight excluding hydrogens is 256 g/mol. The van der Waals surface area contributed by atoms with Crippen molar-refractivity contribution in [3.05, 3.63) is 71.8 Å². The molecule has 1 atom stereocenters. The molecule has 0 aromatic heterocycles. The van der Waals surface area contributed by atoms with Crippen molar-refractivity contribution in [3.8, 4) is 0 Å². The van der Waals surface area contributed by atoms with E-state index < -0.39 is 0 Å². The van der Waals surface area contributed by atoms with Crippen LogP contribution in [0.2, 0.25) is 0 Å². The molecule has 0 amide bonds. The first-order valence-electron chi connectivity index (χ1n) is 7.94. The molecular formula is C19H24N2. The normalized spacial score (nSPS) is 19.5. The highest BCUT2D eigenvalue weighted by Crippen LogP contribution is 2.11. The molecule has 2 aromatic rings. The molecule has 0 saturated carbocycles. The molecule has 0 spiro atoms. The van der Waals surface area contributed by atoms with Crippen molar-refractivity contribution in [2.45, 2.75) is 25.4 Å². The number of hydrogen-bond acceptors (Lipinski definition) is 2. The number of hydrogen-bond donors (Lipinski definition) is 1. The number of rotatable bonds is 5. The molecule has 1 fully saturated rings. The lowest BCUT2D eigenvalue weighted by molar-refractivity contribution is 0.187. The third-order valence-corrected chi connectivity index (χ3v) is 4.21. The number of aryl methyl sites for hydroxylation is 1. The van der Waals surface area contributed by atoms with Crippen LogP contribution in [0.5, 0.6) is 0 Å². The second kappa shape index (κ2) is 7.39. The van der Waals surface area contributed by atoms with Crippen LogP contribution < -0.4 is 5.32 Å². The van der Waals surface area contributed by atoms with Gasteiger partial charge in [-0.3, -0.25) is 4.90 Å². The highest BCUT2D eigenvalue weighted by molar-refractivity contribution is 5.16. The maximum atomic E-state index is 3.66. The van der Waals surface area contributed by atoms with Gasteiger partial charge in [0.05, 0.1) is 0 Å². The second-order valence-electron chi connectivity index (χ2n) is 5.90. The molecule has 21 heavy (non-hydrogen) atoms. The number of nitrogens with zero attached hydrogens (tertiary/aromatic N) is 1. The van der Waals surface area contributed by atoms with E-state index in [2.05, 4.69) is 70.9 Å². The number of piperazine rings is 1. The van der Waals surface area contributed by atoms with Crippen LogP contribution in [0.3, 0.4) is 0 Å². The average molecular weight is 280 g/mol. The molecule has 0 radical (unpaired) electrons. The van der Waals surface area contributed by atoms with Crippen LogP contribution in [-0.4, -0.2) is 30.6 Å². The van der Waals surface area contributed by atoms with Crippen LogP contribution in [-0.2, 0) is 13.0 Å². The Morgan fingerprint density at radius 3 is 2.29 bits per heavy atom. The van der Waals surface area contributed by atoms with E-state index in [1.54, 1.807) is 0 Å². The second-order valence-corrected chi connectivity index (χ2v) is 5.90. The lowest BCUT2D eigenvalue weighted by Gasteiger charge is -2.33. The molecule has 1 heterocycles. The summed E-state index contributed by atoms with van der Waals surface area (Å²) in [5, 5.41) is 3.66. The van der Waals surface area contributed by atoms with Gasteiger partial charge in [-0.2, -0.15) is 0 Å². The van der Waals surface area contributed by atoms with Gasteiger partial charge in [-0.25, -0.2) is 0 Å². The quantitative estimate of drug-likeness (QED) is 0.905. The first-order valence-corrected chi connectivity index (χ1v) is 7.94. The van der Waals surface area contributed by atoms with Crippen molar-refractivity contribution in [2.24, 2.45) is 0 Å². The zero-order valence-corrected chi connectivity index (χ0v) is 12.5. The molecule has 2 aromatic carbocycles. The summed E-state index contributed by atoms with van der Waals surface area (Å²) < 4.78 is 0. The molecule has 110 valence electrons. The zero-order chi connectivity index (χ0) is 14.3. The lowest BCUT2D eigenvalue weighted by Crippen LogP contribution is -2.50. The summed E-state index contributed by atoms with van der Waals surface area (Å²) in [5.74, 6) is 0. The molecule has 1 N–H and O–H groups in total. The molecule has 1 aliphatic rings. The van der Waals surface area contributed by atoms with E-state index >= 15 is 0 Å².